The molecule has 2 amide bonds. The van der Waals surface area contributed by atoms with Crippen LogP contribution in [0.15, 0.2) is 83.9 Å². The van der Waals surface area contributed by atoms with Crippen LogP contribution in [-0.4, -0.2) is 49.9 Å². The lowest BCUT2D eigenvalue weighted by Gasteiger charge is -2.24. The lowest BCUT2D eigenvalue weighted by molar-refractivity contribution is -0.129. The molecule has 35 heavy (non-hydrogen) atoms. The van der Waals surface area contributed by atoms with Gasteiger partial charge in [0, 0.05) is 23.9 Å². The van der Waals surface area contributed by atoms with E-state index in [9.17, 15) is 9.59 Å². The average molecular weight is 471 g/mol. The lowest BCUT2D eigenvalue weighted by Crippen LogP contribution is -2.50. The molecular weight excluding hydrogens is 440 g/mol. The summed E-state index contributed by atoms with van der Waals surface area (Å²) in [5, 5.41) is 5.69. The monoisotopic (exact) mass is 470 g/mol. The Bertz CT molecular complexity index is 1230. The van der Waals surface area contributed by atoms with Gasteiger partial charge in [-0.3, -0.25) is 14.6 Å². The SMILES string of the molecule is Cc1cccc(OCC(=O)N[C@@H](C)C(=O)N[C@@H]2CN(C)c3ccccc3C(c3ccccc3)=N2)c1. The molecule has 3 aromatic carbocycles. The van der Waals surface area contributed by atoms with Crippen LogP contribution in [0.3, 0.4) is 0 Å². The third-order valence-corrected chi connectivity index (χ3v) is 5.79. The largest absolute Gasteiger partial charge is 0.484 e. The van der Waals surface area contributed by atoms with E-state index in [4.69, 9.17) is 9.73 Å². The fourth-order valence-corrected chi connectivity index (χ4v) is 4.03. The maximum absolute atomic E-state index is 12.9. The first-order chi connectivity index (χ1) is 16.9. The Hall–Kier alpha value is -4.13. The first-order valence-corrected chi connectivity index (χ1v) is 11.6. The van der Waals surface area contributed by atoms with Crippen LogP contribution in [-0.2, 0) is 9.59 Å². The molecule has 1 aliphatic rings. The summed E-state index contributed by atoms with van der Waals surface area (Å²) >= 11 is 0. The fraction of sp³-hybridized carbons (Fsp3) is 0.250. The van der Waals surface area contributed by atoms with Crippen molar-refractivity contribution < 1.29 is 14.3 Å². The summed E-state index contributed by atoms with van der Waals surface area (Å²) < 4.78 is 5.54. The summed E-state index contributed by atoms with van der Waals surface area (Å²) in [7, 11) is 1.98. The van der Waals surface area contributed by atoms with E-state index in [1.165, 1.54) is 0 Å². The highest BCUT2D eigenvalue weighted by Gasteiger charge is 2.25. The molecule has 0 spiro atoms. The van der Waals surface area contributed by atoms with Crippen LogP contribution in [0, 0.1) is 6.92 Å². The van der Waals surface area contributed by atoms with E-state index in [0.717, 1.165) is 28.1 Å². The quantitative estimate of drug-likeness (QED) is 0.555. The predicted molar refractivity (Wildman–Crippen MR) is 138 cm³/mol. The van der Waals surface area contributed by atoms with Gasteiger partial charge in [0.05, 0.1) is 12.3 Å². The van der Waals surface area contributed by atoms with Crippen LogP contribution in [0.5, 0.6) is 5.75 Å². The molecule has 0 aromatic heterocycles. The maximum Gasteiger partial charge on any atom is 0.258 e. The van der Waals surface area contributed by atoms with Crippen LogP contribution < -0.4 is 20.3 Å². The van der Waals surface area contributed by atoms with E-state index >= 15 is 0 Å². The number of benzodiazepines with no additional fused rings is 1. The zero-order chi connectivity index (χ0) is 24.8. The Balaban J connectivity index is 1.43. The second-order valence-corrected chi connectivity index (χ2v) is 8.66. The number of nitrogens with one attached hydrogen (secondary N) is 2. The molecule has 0 fully saturated rings. The topological polar surface area (TPSA) is 83.0 Å². The van der Waals surface area contributed by atoms with Crippen molar-refractivity contribution in [2.75, 3.05) is 25.1 Å². The first-order valence-electron chi connectivity index (χ1n) is 11.6. The minimum absolute atomic E-state index is 0.168. The number of benzene rings is 3. The van der Waals surface area contributed by atoms with Crippen molar-refractivity contribution in [2.24, 2.45) is 4.99 Å². The molecule has 3 aromatic rings. The number of fused-ring (bicyclic) bond motifs is 1. The summed E-state index contributed by atoms with van der Waals surface area (Å²) in [4.78, 5) is 32.3. The third kappa shape index (κ3) is 6.06. The zero-order valence-electron chi connectivity index (χ0n) is 20.2. The van der Waals surface area contributed by atoms with Gasteiger partial charge in [0.15, 0.2) is 6.61 Å². The smallest absolute Gasteiger partial charge is 0.258 e. The summed E-state index contributed by atoms with van der Waals surface area (Å²) in [6, 6.07) is 24.7. The standard InChI is InChI=1S/C28H30N4O3/c1-19-10-9-13-22(16-19)35-18-26(33)29-20(2)28(34)31-25-17-32(3)24-15-8-7-14-23(24)27(30-25)21-11-5-4-6-12-21/h4-16,20,25H,17-18H2,1-3H3,(H,29,33)(H,31,34)/t20-,25+/m0/s1. The Morgan fingerprint density at radius 2 is 1.80 bits per heavy atom. The van der Waals surface area contributed by atoms with Crippen molar-refractivity contribution in [2.45, 2.75) is 26.1 Å². The highest BCUT2D eigenvalue weighted by molar-refractivity contribution is 6.16. The minimum Gasteiger partial charge on any atom is -0.484 e. The van der Waals surface area contributed by atoms with Gasteiger partial charge in [0.1, 0.15) is 18.0 Å². The van der Waals surface area contributed by atoms with Crippen molar-refractivity contribution in [1.29, 1.82) is 0 Å². The molecule has 0 bridgehead atoms. The van der Waals surface area contributed by atoms with Gasteiger partial charge in [0.25, 0.3) is 5.91 Å². The van der Waals surface area contributed by atoms with Gasteiger partial charge < -0.3 is 20.3 Å². The average Bonchev–Trinajstić information content (AvgIpc) is 2.99. The number of hydrogen-bond donors (Lipinski definition) is 2. The molecule has 7 heteroatoms. The number of amides is 2. The Kier molecular flexibility index (Phi) is 7.45. The zero-order valence-corrected chi connectivity index (χ0v) is 20.2. The van der Waals surface area contributed by atoms with Crippen molar-refractivity contribution >= 4 is 23.2 Å². The normalized spacial score (nSPS) is 15.8. The van der Waals surface area contributed by atoms with E-state index in [2.05, 4.69) is 21.6 Å². The van der Waals surface area contributed by atoms with E-state index in [1.807, 2.05) is 80.7 Å². The number of anilines is 1. The number of carbonyl (C=O) groups excluding carboxylic acids is 2. The van der Waals surface area contributed by atoms with Crippen molar-refractivity contribution in [1.82, 2.24) is 10.6 Å². The molecule has 180 valence electrons. The fourth-order valence-electron chi connectivity index (χ4n) is 4.03. The number of nitrogens with zero attached hydrogens (tertiary/aromatic N) is 2. The highest BCUT2D eigenvalue weighted by atomic mass is 16.5. The Morgan fingerprint density at radius 3 is 2.57 bits per heavy atom. The number of rotatable bonds is 7. The van der Waals surface area contributed by atoms with Gasteiger partial charge in [-0.1, -0.05) is 60.7 Å². The number of likely N-dealkylation sites (N-methyl/N-ethyl adjacent to an activating group) is 1. The predicted octanol–water partition coefficient (Wildman–Crippen LogP) is 3.31. The van der Waals surface area contributed by atoms with Gasteiger partial charge >= 0.3 is 0 Å². The Labute approximate surface area is 205 Å². The maximum atomic E-state index is 12.9. The van der Waals surface area contributed by atoms with E-state index < -0.39 is 12.2 Å². The Morgan fingerprint density at radius 1 is 1.06 bits per heavy atom. The van der Waals surface area contributed by atoms with Gasteiger partial charge in [-0.05, 0) is 37.6 Å². The number of ether oxygens (including phenoxy) is 1. The number of carbonyl (C=O) groups is 2. The number of hydrogen-bond acceptors (Lipinski definition) is 5. The van der Waals surface area contributed by atoms with Crippen LogP contribution in [0.1, 0.15) is 23.6 Å². The van der Waals surface area contributed by atoms with Crippen molar-refractivity contribution in [3.05, 3.63) is 95.6 Å². The minimum atomic E-state index is -0.741. The molecule has 1 heterocycles. The second kappa shape index (κ2) is 10.9. The summed E-state index contributed by atoms with van der Waals surface area (Å²) in [6.45, 7) is 3.93. The summed E-state index contributed by atoms with van der Waals surface area (Å²) in [5.74, 6) is -0.0662. The second-order valence-electron chi connectivity index (χ2n) is 8.66. The first kappa shape index (κ1) is 24.0. The molecule has 0 radical (unpaired) electrons. The molecule has 0 unspecified atom stereocenters. The molecule has 2 N–H and O–H groups in total. The lowest BCUT2D eigenvalue weighted by atomic mass is 10.0. The number of aliphatic imine (C=N–C) groups is 1. The molecule has 1 aliphatic heterocycles. The van der Waals surface area contributed by atoms with Crippen molar-refractivity contribution in [3.63, 3.8) is 0 Å². The van der Waals surface area contributed by atoms with Crippen LogP contribution in [0.25, 0.3) is 0 Å². The third-order valence-electron chi connectivity index (χ3n) is 5.79. The van der Waals surface area contributed by atoms with E-state index in [-0.39, 0.29) is 18.4 Å². The van der Waals surface area contributed by atoms with Gasteiger partial charge in [0.2, 0.25) is 5.91 Å². The molecule has 0 aliphatic carbocycles. The molecular formula is C28H30N4O3. The van der Waals surface area contributed by atoms with Gasteiger partial charge in [-0.25, -0.2) is 0 Å². The van der Waals surface area contributed by atoms with E-state index in [1.54, 1.807) is 13.0 Å². The van der Waals surface area contributed by atoms with Crippen LogP contribution in [0.4, 0.5) is 5.69 Å². The summed E-state index contributed by atoms with van der Waals surface area (Å²) in [5.41, 5.74) is 4.89. The number of para-hydroxylation sites is 1. The number of aryl methyl sites for hydroxylation is 1. The molecule has 2 atom stereocenters. The molecule has 7 nitrogen and oxygen atoms in total. The molecule has 0 saturated heterocycles. The molecule has 0 saturated carbocycles. The van der Waals surface area contributed by atoms with Gasteiger partial charge in [-0.2, -0.15) is 0 Å². The van der Waals surface area contributed by atoms with Crippen LogP contribution in [0.2, 0.25) is 0 Å². The van der Waals surface area contributed by atoms with Crippen molar-refractivity contribution in [3.8, 4) is 5.75 Å². The highest BCUT2D eigenvalue weighted by Crippen LogP contribution is 2.26. The van der Waals surface area contributed by atoms with Crippen LogP contribution >= 0.6 is 0 Å². The summed E-state index contributed by atoms with van der Waals surface area (Å²) in [6.07, 6.45) is -0.488. The molecule has 4 rings (SSSR count). The van der Waals surface area contributed by atoms with Gasteiger partial charge in [-0.15, -0.1) is 0 Å². The van der Waals surface area contributed by atoms with E-state index in [0.29, 0.717) is 12.3 Å².